The number of nitrogens with zero attached hydrogens (tertiary/aromatic N) is 3. The van der Waals surface area contributed by atoms with E-state index in [4.69, 9.17) is 0 Å². The summed E-state index contributed by atoms with van der Waals surface area (Å²) in [4.78, 5) is 15.0. The number of carbonyl (C=O) groups excluding carboxylic acids is 1. The van der Waals surface area contributed by atoms with E-state index in [1.54, 1.807) is 22.3 Å². The summed E-state index contributed by atoms with van der Waals surface area (Å²) >= 11 is 1.56. The van der Waals surface area contributed by atoms with Crippen LogP contribution in [-0.4, -0.2) is 59.9 Å². The zero-order valence-electron chi connectivity index (χ0n) is 12.3. The highest BCUT2D eigenvalue weighted by Gasteiger charge is 2.30. The smallest absolute Gasteiger partial charge is 0.246 e. The summed E-state index contributed by atoms with van der Waals surface area (Å²) in [5, 5.41) is 8.12. The van der Waals surface area contributed by atoms with E-state index >= 15 is 0 Å². The van der Waals surface area contributed by atoms with Crippen molar-refractivity contribution >= 4 is 33.3 Å². The minimum Gasteiger partial charge on any atom is -0.337 e. The first-order valence-electron chi connectivity index (χ1n) is 7.07. The Morgan fingerprint density at radius 3 is 2.70 bits per heavy atom. The summed E-state index contributed by atoms with van der Waals surface area (Å²) in [5.74, 6) is -0.0984. The van der Waals surface area contributed by atoms with Gasteiger partial charge in [0.1, 0.15) is 4.90 Å². The molecule has 0 aliphatic carbocycles. The highest BCUT2D eigenvalue weighted by molar-refractivity contribution is 7.89. The van der Waals surface area contributed by atoms with Gasteiger partial charge in [0.25, 0.3) is 0 Å². The van der Waals surface area contributed by atoms with Crippen molar-refractivity contribution in [1.29, 1.82) is 0 Å². The number of thiophene rings is 1. The van der Waals surface area contributed by atoms with Gasteiger partial charge in [-0.1, -0.05) is 6.07 Å². The summed E-state index contributed by atoms with van der Waals surface area (Å²) in [6.07, 6.45) is 5.96. The molecule has 0 bridgehead atoms. The number of sulfonamides is 1. The zero-order chi connectivity index (χ0) is 16.3. The van der Waals surface area contributed by atoms with Gasteiger partial charge in [-0.2, -0.15) is 9.40 Å². The molecule has 0 aromatic carbocycles. The Morgan fingerprint density at radius 2 is 2.09 bits per heavy atom. The Labute approximate surface area is 138 Å². The van der Waals surface area contributed by atoms with Gasteiger partial charge in [0.15, 0.2) is 0 Å². The zero-order valence-corrected chi connectivity index (χ0v) is 13.9. The van der Waals surface area contributed by atoms with E-state index in [0.717, 1.165) is 4.88 Å². The van der Waals surface area contributed by atoms with Gasteiger partial charge in [0.2, 0.25) is 15.9 Å². The van der Waals surface area contributed by atoms with Gasteiger partial charge < -0.3 is 4.90 Å². The van der Waals surface area contributed by atoms with Gasteiger partial charge >= 0.3 is 0 Å². The van der Waals surface area contributed by atoms with Gasteiger partial charge in [-0.15, -0.1) is 11.3 Å². The van der Waals surface area contributed by atoms with Gasteiger partial charge in [0, 0.05) is 43.3 Å². The number of piperazine rings is 1. The number of aromatic amines is 1. The second-order valence-corrected chi connectivity index (χ2v) is 7.93. The fraction of sp³-hybridized carbons (Fsp3) is 0.286. The third-order valence-corrected chi connectivity index (χ3v) is 6.30. The monoisotopic (exact) mass is 352 g/mol. The molecule has 0 saturated carbocycles. The molecule has 122 valence electrons. The molecule has 2 aromatic rings. The molecule has 3 rings (SSSR count). The minimum absolute atomic E-state index is 0.0984. The molecular weight excluding hydrogens is 336 g/mol. The second-order valence-electron chi connectivity index (χ2n) is 5.01. The van der Waals surface area contributed by atoms with E-state index in [9.17, 15) is 13.2 Å². The van der Waals surface area contributed by atoms with Crippen LogP contribution in [-0.2, 0) is 14.8 Å². The van der Waals surface area contributed by atoms with Crippen LogP contribution in [0.1, 0.15) is 4.88 Å². The second kappa shape index (κ2) is 6.65. The molecular formula is C14H16N4O3S2. The first kappa shape index (κ1) is 15.9. The topological polar surface area (TPSA) is 86.4 Å². The van der Waals surface area contributed by atoms with Crippen molar-refractivity contribution in [3.8, 4) is 0 Å². The van der Waals surface area contributed by atoms with Crippen LogP contribution in [0.25, 0.3) is 6.08 Å². The van der Waals surface area contributed by atoms with Gasteiger partial charge in [-0.3, -0.25) is 9.89 Å². The molecule has 1 saturated heterocycles. The van der Waals surface area contributed by atoms with Crippen molar-refractivity contribution in [3.05, 3.63) is 40.9 Å². The summed E-state index contributed by atoms with van der Waals surface area (Å²) in [6.45, 7) is 1.33. The van der Waals surface area contributed by atoms with Crippen LogP contribution >= 0.6 is 11.3 Å². The first-order valence-corrected chi connectivity index (χ1v) is 9.39. The maximum absolute atomic E-state index is 12.4. The predicted octanol–water partition coefficient (Wildman–Crippen LogP) is 1.02. The fourth-order valence-electron chi connectivity index (χ4n) is 2.32. The van der Waals surface area contributed by atoms with Crippen LogP contribution in [0.2, 0.25) is 0 Å². The fourth-order valence-corrected chi connectivity index (χ4v) is 4.27. The Hall–Kier alpha value is -1.97. The lowest BCUT2D eigenvalue weighted by atomic mass is 10.3. The van der Waals surface area contributed by atoms with Crippen LogP contribution in [0.4, 0.5) is 0 Å². The molecule has 0 spiro atoms. The third-order valence-electron chi connectivity index (χ3n) is 3.59. The van der Waals surface area contributed by atoms with Crippen molar-refractivity contribution in [1.82, 2.24) is 19.4 Å². The van der Waals surface area contributed by atoms with Crippen molar-refractivity contribution in [3.63, 3.8) is 0 Å². The molecule has 0 atom stereocenters. The lowest BCUT2D eigenvalue weighted by Gasteiger charge is -2.33. The molecule has 1 fully saturated rings. The lowest BCUT2D eigenvalue weighted by Crippen LogP contribution is -2.50. The molecule has 0 unspecified atom stereocenters. The first-order chi connectivity index (χ1) is 11.1. The van der Waals surface area contributed by atoms with Crippen molar-refractivity contribution in [2.45, 2.75) is 4.90 Å². The van der Waals surface area contributed by atoms with Crippen LogP contribution < -0.4 is 0 Å². The molecule has 7 nitrogen and oxygen atoms in total. The molecule has 9 heteroatoms. The number of rotatable bonds is 4. The summed E-state index contributed by atoms with van der Waals surface area (Å²) < 4.78 is 26.1. The highest BCUT2D eigenvalue weighted by Crippen LogP contribution is 2.16. The Bertz CT molecular complexity index is 774. The normalized spacial score (nSPS) is 17.0. The van der Waals surface area contributed by atoms with Crippen molar-refractivity contribution in [2.75, 3.05) is 26.2 Å². The lowest BCUT2D eigenvalue weighted by molar-refractivity contribution is -0.127. The molecule has 2 aromatic heterocycles. The molecule has 0 radical (unpaired) electrons. The number of H-pyrrole nitrogens is 1. The molecule has 1 aliphatic rings. The number of nitrogens with one attached hydrogen (secondary N) is 1. The van der Waals surface area contributed by atoms with Crippen molar-refractivity contribution < 1.29 is 13.2 Å². The van der Waals surface area contributed by atoms with E-state index in [2.05, 4.69) is 10.2 Å². The summed E-state index contributed by atoms with van der Waals surface area (Å²) in [6, 6.07) is 3.86. The summed E-state index contributed by atoms with van der Waals surface area (Å²) in [5.41, 5.74) is 0. The Morgan fingerprint density at radius 1 is 1.30 bits per heavy atom. The molecule has 1 aliphatic heterocycles. The van der Waals surface area contributed by atoms with E-state index in [-0.39, 0.29) is 23.9 Å². The van der Waals surface area contributed by atoms with Crippen LogP contribution in [0.3, 0.4) is 0 Å². The van der Waals surface area contributed by atoms with E-state index in [1.165, 1.54) is 22.8 Å². The van der Waals surface area contributed by atoms with E-state index in [0.29, 0.717) is 13.1 Å². The maximum Gasteiger partial charge on any atom is 0.246 e. The highest BCUT2D eigenvalue weighted by atomic mass is 32.2. The number of hydrogen-bond donors (Lipinski definition) is 1. The quantitative estimate of drug-likeness (QED) is 0.833. The molecule has 23 heavy (non-hydrogen) atoms. The van der Waals surface area contributed by atoms with Crippen LogP contribution in [0.5, 0.6) is 0 Å². The van der Waals surface area contributed by atoms with Gasteiger partial charge in [-0.25, -0.2) is 8.42 Å². The predicted molar refractivity (Wildman–Crippen MR) is 87.3 cm³/mol. The maximum atomic E-state index is 12.4. The van der Waals surface area contributed by atoms with Gasteiger partial charge in [-0.05, 0) is 17.5 Å². The average molecular weight is 352 g/mol. The van der Waals surface area contributed by atoms with E-state index in [1.807, 2.05) is 17.5 Å². The van der Waals surface area contributed by atoms with Crippen LogP contribution in [0.15, 0.2) is 40.9 Å². The largest absolute Gasteiger partial charge is 0.337 e. The molecule has 3 heterocycles. The Balaban J connectivity index is 1.59. The standard InChI is InChI=1S/C14H16N4O3S2/c19-14(4-3-12-2-1-9-22-12)17-5-7-18(8-6-17)23(20,21)13-10-15-16-11-13/h1-4,9-11H,5-8H2,(H,15,16)/b4-3+. The number of carbonyl (C=O) groups is 1. The summed E-state index contributed by atoms with van der Waals surface area (Å²) in [7, 11) is -3.53. The van der Waals surface area contributed by atoms with Gasteiger partial charge in [0.05, 0.1) is 6.20 Å². The minimum atomic E-state index is -3.53. The van der Waals surface area contributed by atoms with Crippen molar-refractivity contribution in [2.24, 2.45) is 0 Å². The molecule has 1 N–H and O–H groups in total. The number of aromatic nitrogens is 2. The Kier molecular flexibility index (Phi) is 4.60. The van der Waals surface area contributed by atoms with E-state index < -0.39 is 10.0 Å². The third kappa shape index (κ3) is 3.52. The van der Waals surface area contributed by atoms with Crippen LogP contribution in [0, 0.1) is 0 Å². The SMILES string of the molecule is O=C(/C=C/c1cccs1)N1CCN(S(=O)(=O)c2cn[nH]c2)CC1. The molecule has 1 amide bonds. The average Bonchev–Trinajstić information content (AvgIpc) is 3.26. The number of amides is 1. The number of hydrogen-bond acceptors (Lipinski definition) is 5.